The van der Waals surface area contributed by atoms with Crippen LogP contribution < -0.4 is 5.32 Å². The maximum atomic E-state index is 10.8. The zero-order valence-corrected chi connectivity index (χ0v) is 8.68. The van der Waals surface area contributed by atoms with Crippen molar-refractivity contribution in [1.82, 2.24) is 10.2 Å². The fourth-order valence-corrected chi connectivity index (χ4v) is 1.15. The molecule has 0 saturated carbocycles. The summed E-state index contributed by atoms with van der Waals surface area (Å²) in [7, 11) is 0. The Hall–Kier alpha value is -0.830. The molecule has 0 unspecified atom stereocenters. The lowest BCUT2D eigenvalue weighted by molar-refractivity contribution is -0.116. The van der Waals surface area contributed by atoms with Crippen LogP contribution in [0.4, 0.5) is 0 Å². The molecule has 13 heavy (non-hydrogen) atoms. The van der Waals surface area contributed by atoms with E-state index in [1.807, 2.05) is 0 Å². The number of carbonyl (C=O) groups excluding carboxylic acids is 1. The van der Waals surface area contributed by atoms with Gasteiger partial charge in [0.15, 0.2) is 0 Å². The Morgan fingerprint density at radius 3 is 2.62 bits per heavy atom. The lowest BCUT2D eigenvalue weighted by Gasteiger charge is -2.19. The van der Waals surface area contributed by atoms with Gasteiger partial charge in [-0.2, -0.15) is 0 Å². The third-order valence-electron chi connectivity index (χ3n) is 1.90. The Balaban J connectivity index is 3.48. The van der Waals surface area contributed by atoms with Crippen molar-refractivity contribution in [1.29, 1.82) is 0 Å². The van der Waals surface area contributed by atoms with Gasteiger partial charge in [-0.25, -0.2) is 0 Å². The van der Waals surface area contributed by atoms with Gasteiger partial charge in [-0.3, -0.25) is 4.79 Å². The maximum Gasteiger partial charge on any atom is 0.243 e. The first-order valence-electron chi connectivity index (χ1n) is 4.87. The molecule has 3 nitrogen and oxygen atoms in total. The third kappa shape index (κ3) is 6.34. The van der Waals surface area contributed by atoms with Crippen LogP contribution in [-0.2, 0) is 4.79 Å². The fourth-order valence-electron chi connectivity index (χ4n) is 1.15. The highest BCUT2D eigenvalue weighted by molar-refractivity contribution is 5.86. The molecule has 0 aliphatic heterocycles. The van der Waals surface area contributed by atoms with E-state index in [0.29, 0.717) is 6.54 Å². The zero-order valence-electron chi connectivity index (χ0n) is 8.68. The zero-order chi connectivity index (χ0) is 10.1. The first-order chi connectivity index (χ1) is 6.24. The summed E-state index contributed by atoms with van der Waals surface area (Å²) < 4.78 is 0. The quantitative estimate of drug-likeness (QED) is 0.599. The number of hydrogen-bond donors (Lipinski definition) is 1. The Morgan fingerprint density at radius 1 is 1.46 bits per heavy atom. The minimum absolute atomic E-state index is 0.0902. The van der Waals surface area contributed by atoms with E-state index in [0.717, 1.165) is 26.1 Å². The largest absolute Gasteiger partial charge is 0.351 e. The molecule has 0 saturated heterocycles. The number of likely N-dealkylation sites (N-methyl/N-ethyl adjacent to an activating group) is 1. The lowest BCUT2D eigenvalue weighted by atomic mass is 10.4. The summed E-state index contributed by atoms with van der Waals surface area (Å²) in [6.45, 7) is 11.4. The highest BCUT2D eigenvalue weighted by atomic mass is 16.1. The van der Waals surface area contributed by atoms with Gasteiger partial charge >= 0.3 is 0 Å². The lowest BCUT2D eigenvalue weighted by Crippen LogP contribution is -2.34. The number of amides is 1. The van der Waals surface area contributed by atoms with E-state index in [1.165, 1.54) is 6.08 Å². The molecule has 0 aromatic rings. The van der Waals surface area contributed by atoms with Crippen LogP contribution in [0.3, 0.4) is 0 Å². The van der Waals surface area contributed by atoms with E-state index in [4.69, 9.17) is 0 Å². The minimum atomic E-state index is -0.0902. The summed E-state index contributed by atoms with van der Waals surface area (Å²) in [5, 5.41) is 2.76. The Morgan fingerprint density at radius 2 is 2.15 bits per heavy atom. The molecule has 76 valence electrons. The second-order valence-electron chi connectivity index (χ2n) is 2.93. The van der Waals surface area contributed by atoms with Crippen LogP contribution in [0.1, 0.15) is 20.3 Å². The van der Waals surface area contributed by atoms with Crippen molar-refractivity contribution in [3.05, 3.63) is 12.7 Å². The summed E-state index contributed by atoms with van der Waals surface area (Å²) in [6.07, 6.45) is 2.46. The molecule has 0 bridgehead atoms. The van der Waals surface area contributed by atoms with Gasteiger partial charge < -0.3 is 10.2 Å². The van der Waals surface area contributed by atoms with E-state index >= 15 is 0 Å². The third-order valence-corrected chi connectivity index (χ3v) is 1.90. The Kier molecular flexibility index (Phi) is 7.30. The molecule has 1 amide bonds. The average molecular weight is 184 g/mol. The maximum absolute atomic E-state index is 10.8. The molecular formula is C10H20N2O. The molecule has 1 N–H and O–H groups in total. The topological polar surface area (TPSA) is 32.3 Å². The molecule has 0 spiro atoms. The summed E-state index contributed by atoms with van der Waals surface area (Å²) in [5.41, 5.74) is 0. The van der Waals surface area contributed by atoms with E-state index in [9.17, 15) is 4.79 Å². The van der Waals surface area contributed by atoms with Crippen molar-refractivity contribution in [2.24, 2.45) is 0 Å². The van der Waals surface area contributed by atoms with E-state index in [1.54, 1.807) is 0 Å². The van der Waals surface area contributed by atoms with Gasteiger partial charge in [0.25, 0.3) is 0 Å². The number of carbonyl (C=O) groups is 1. The Labute approximate surface area is 80.8 Å². The number of hydrogen-bond acceptors (Lipinski definition) is 2. The van der Waals surface area contributed by atoms with Crippen molar-refractivity contribution < 1.29 is 4.79 Å². The predicted octanol–water partition coefficient (Wildman–Crippen LogP) is 1.02. The van der Waals surface area contributed by atoms with Gasteiger partial charge in [0.2, 0.25) is 5.91 Å². The first kappa shape index (κ1) is 12.2. The van der Waals surface area contributed by atoms with Crippen molar-refractivity contribution in [2.45, 2.75) is 20.3 Å². The second kappa shape index (κ2) is 7.80. The van der Waals surface area contributed by atoms with Gasteiger partial charge in [-0.1, -0.05) is 20.4 Å². The fraction of sp³-hybridized carbons (Fsp3) is 0.700. The average Bonchev–Trinajstić information content (AvgIpc) is 2.16. The number of nitrogens with zero attached hydrogens (tertiary/aromatic N) is 1. The van der Waals surface area contributed by atoms with Crippen molar-refractivity contribution in [2.75, 3.05) is 26.2 Å². The molecule has 0 aromatic heterocycles. The molecule has 0 aliphatic carbocycles. The first-order valence-corrected chi connectivity index (χ1v) is 4.87. The number of rotatable bonds is 7. The van der Waals surface area contributed by atoms with Crippen molar-refractivity contribution in [3.63, 3.8) is 0 Å². The summed E-state index contributed by atoms with van der Waals surface area (Å²) in [4.78, 5) is 13.1. The molecular weight excluding hydrogens is 164 g/mol. The smallest absolute Gasteiger partial charge is 0.243 e. The second-order valence-corrected chi connectivity index (χ2v) is 2.93. The summed E-state index contributed by atoms with van der Waals surface area (Å²) >= 11 is 0. The van der Waals surface area contributed by atoms with Gasteiger partial charge in [-0.05, 0) is 25.6 Å². The number of nitrogens with one attached hydrogen (secondary N) is 1. The Bertz CT molecular complexity index is 157. The molecule has 0 heterocycles. The van der Waals surface area contributed by atoms with Crippen LogP contribution in [0.25, 0.3) is 0 Å². The van der Waals surface area contributed by atoms with Gasteiger partial charge in [0.1, 0.15) is 0 Å². The van der Waals surface area contributed by atoms with Crippen LogP contribution in [-0.4, -0.2) is 37.0 Å². The van der Waals surface area contributed by atoms with E-state index < -0.39 is 0 Å². The van der Waals surface area contributed by atoms with Gasteiger partial charge in [-0.15, -0.1) is 0 Å². The molecule has 0 fully saturated rings. The SMILES string of the molecule is C=CC(=O)NCCN(CC)CCC. The normalized spacial score (nSPS) is 10.1. The molecule has 0 aromatic carbocycles. The van der Waals surface area contributed by atoms with E-state index in [2.05, 4.69) is 30.6 Å². The highest BCUT2D eigenvalue weighted by Gasteiger charge is 2.00. The monoisotopic (exact) mass is 184 g/mol. The molecule has 3 heteroatoms. The van der Waals surface area contributed by atoms with Crippen LogP contribution in [0.5, 0.6) is 0 Å². The van der Waals surface area contributed by atoms with Crippen LogP contribution in [0.2, 0.25) is 0 Å². The van der Waals surface area contributed by atoms with Gasteiger partial charge in [0, 0.05) is 13.1 Å². The molecule has 0 aliphatic rings. The minimum Gasteiger partial charge on any atom is -0.351 e. The standard InChI is InChI=1S/C10H20N2O/c1-4-8-12(6-3)9-7-11-10(13)5-2/h5H,2,4,6-9H2,1,3H3,(H,11,13). The molecule has 0 atom stereocenters. The van der Waals surface area contributed by atoms with Crippen molar-refractivity contribution >= 4 is 5.91 Å². The molecule has 0 radical (unpaired) electrons. The molecule has 0 rings (SSSR count). The summed E-state index contributed by atoms with van der Waals surface area (Å²) in [5.74, 6) is -0.0902. The highest BCUT2D eigenvalue weighted by Crippen LogP contribution is 1.88. The van der Waals surface area contributed by atoms with Crippen LogP contribution >= 0.6 is 0 Å². The van der Waals surface area contributed by atoms with Gasteiger partial charge in [0.05, 0.1) is 0 Å². The summed E-state index contributed by atoms with van der Waals surface area (Å²) in [6, 6.07) is 0. The predicted molar refractivity (Wildman–Crippen MR) is 55.6 cm³/mol. The van der Waals surface area contributed by atoms with Crippen LogP contribution in [0, 0.1) is 0 Å². The van der Waals surface area contributed by atoms with Crippen LogP contribution in [0.15, 0.2) is 12.7 Å². The van der Waals surface area contributed by atoms with E-state index in [-0.39, 0.29) is 5.91 Å². The van der Waals surface area contributed by atoms with Crippen molar-refractivity contribution in [3.8, 4) is 0 Å².